The molecule has 11 nitrogen and oxygen atoms in total. The molecule has 4 aliphatic carbocycles. The number of esters is 2. The normalized spacial score (nSPS) is 30.5. The van der Waals surface area contributed by atoms with Crippen molar-refractivity contribution in [2.45, 2.75) is 171 Å². The molecule has 4 heterocycles. The van der Waals surface area contributed by atoms with Crippen molar-refractivity contribution in [2.24, 2.45) is 23.7 Å². The van der Waals surface area contributed by atoms with Gasteiger partial charge >= 0.3 is 17.6 Å². The highest BCUT2D eigenvalue weighted by atomic mass is 16.6. The molecule has 1 aromatic heterocycles. The molecule has 3 saturated carbocycles. The third-order valence-electron chi connectivity index (χ3n) is 20.5. The van der Waals surface area contributed by atoms with Crippen molar-refractivity contribution in [2.75, 3.05) is 26.9 Å². The molecule has 7 aliphatic rings. The molecule has 11 atom stereocenters. The van der Waals surface area contributed by atoms with Crippen LogP contribution < -0.4 is 10.4 Å². The number of aryl methyl sites for hydroxylation is 2. The molecular weight excluding hydrogens is 993 g/mol. The largest absolute Gasteiger partial charge is 0.483 e. The zero-order valence-corrected chi connectivity index (χ0v) is 46.3. The third kappa shape index (κ3) is 9.52. The maximum atomic E-state index is 15.7. The molecule has 0 radical (unpaired) electrons. The van der Waals surface area contributed by atoms with Crippen LogP contribution in [0.1, 0.15) is 190 Å². The molecule has 11 unspecified atom stereocenters. The molecule has 0 saturated heterocycles. The molecule has 79 heavy (non-hydrogen) atoms. The highest BCUT2D eigenvalue weighted by Crippen LogP contribution is 2.57. The van der Waals surface area contributed by atoms with Crippen molar-refractivity contribution in [3.8, 4) is 5.75 Å². The SMILES string of the molecule is COCC(CCO)c1c(CO)c2ccc3c(c2oc1=O)C1OC(=O)CC2CC(c4cccc(C56CCCCC5C=Cc5ccccc56)c4)CCC2c2ccc4c(c2)CCC2CCCCC2C(C)(O3)C1OC(=O)C(=C(C)CO)CC4. The van der Waals surface area contributed by atoms with E-state index in [9.17, 15) is 20.1 Å². The van der Waals surface area contributed by atoms with E-state index >= 15 is 9.59 Å². The van der Waals surface area contributed by atoms with Crippen LogP contribution in [-0.2, 0) is 48.7 Å². The zero-order chi connectivity index (χ0) is 54.6. The van der Waals surface area contributed by atoms with Gasteiger partial charge in [0.15, 0.2) is 17.8 Å². The van der Waals surface area contributed by atoms with Crippen molar-refractivity contribution in [3.05, 3.63) is 162 Å². The number of hydrogen-bond donors (Lipinski definition) is 3. The number of aliphatic hydroxyl groups is 3. The van der Waals surface area contributed by atoms with E-state index in [1.54, 1.807) is 19.1 Å². The average Bonchev–Trinajstić information content (AvgIpc) is 3.51. The van der Waals surface area contributed by atoms with E-state index in [0.717, 1.165) is 70.6 Å². The lowest BCUT2D eigenvalue weighted by molar-refractivity contribution is -0.205. The van der Waals surface area contributed by atoms with Crippen LogP contribution in [-0.4, -0.2) is 65.9 Å². The van der Waals surface area contributed by atoms with Gasteiger partial charge in [-0.15, -0.1) is 0 Å². The van der Waals surface area contributed by atoms with Crippen LogP contribution in [0, 0.1) is 23.7 Å². The minimum atomic E-state index is -1.30. The molecule has 12 rings (SSSR count). The van der Waals surface area contributed by atoms with E-state index in [4.69, 9.17) is 23.4 Å². The van der Waals surface area contributed by atoms with Gasteiger partial charge in [0.2, 0.25) is 0 Å². The summed E-state index contributed by atoms with van der Waals surface area (Å²) in [5.41, 5.74) is 8.75. The van der Waals surface area contributed by atoms with Gasteiger partial charge in [0.25, 0.3) is 0 Å². The molecule has 5 bridgehead atoms. The Kier molecular flexibility index (Phi) is 15.1. The maximum absolute atomic E-state index is 15.7. The van der Waals surface area contributed by atoms with Gasteiger partial charge in [-0.25, -0.2) is 9.59 Å². The number of carbonyl (C=O) groups is 2. The van der Waals surface area contributed by atoms with E-state index in [1.807, 2.05) is 6.92 Å². The number of aliphatic hydroxyl groups excluding tert-OH is 3. The summed E-state index contributed by atoms with van der Waals surface area (Å²) in [6, 6.07) is 28.9. The Bertz CT molecular complexity index is 3250. The first-order valence-electron chi connectivity index (χ1n) is 29.7. The van der Waals surface area contributed by atoms with Crippen LogP contribution in [0.3, 0.4) is 0 Å². The van der Waals surface area contributed by atoms with E-state index < -0.39 is 47.9 Å². The van der Waals surface area contributed by atoms with E-state index in [0.29, 0.717) is 46.6 Å². The van der Waals surface area contributed by atoms with Crippen LogP contribution >= 0.6 is 0 Å². The van der Waals surface area contributed by atoms with Gasteiger partial charge < -0.3 is 38.7 Å². The average molecular weight is 1070 g/mol. The Morgan fingerprint density at radius 2 is 1.66 bits per heavy atom. The van der Waals surface area contributed by atoms with Crippen molar-refractivity contribution in [3.63, 3.8) is 0 Å². The van der Waals surface area contributed by atoms with Crippen molar-refractivity contribution in [1.29, 1.82) is 0 Å². The van der Waals surface area contributed by atoms with Crippen molar-refractivity contribution >= 4 is 29.0 Å². The lowest BCUT2D eigenvalue weighted by Crippen LogP contribution is -2.60. The predicted octanol–water partition coefficient (Wildman–Crippen LogP) is 12.3. The Morgan fingerprint density at radius 1 is 0.810 bits per heavy atom. The lowest BCUT2D eigenvalue weighted by atomic mass is 9.56. The Morgan fingerprint density at radius 3 is 2.49 bits per heavy atom. The summed E-state index contributed by atoms with van der Waals surface area (Å²) < 4.78 is 33.3. The Hall–Kier alpha value is -5.85. The van der Waals surface area contributed by atoms with Gasteiger partial charge in [-0.1, -0.05) is 111 Å². The summed E-state index contributed by atoms with van der Waals surface area (Å²) in [6.45, 7) is 2.78. The Balaban J connectivity index is 1.01. The number of hydrogen-bond acceptors (Lipinski definition) is 11. The molecular formula is C68H78O11. The number of fused-ring (bicyclic) bond motifs is 11. The number of ether oxygens (including phenoxy) is 4. The van der Waals surface area contributed by atoms with Crippen molar-refractivity contribution in [1.82, 2.24) is 0 Å². The van der Waals surface area contributed by atoms with E-state index in [1.165, 1.54) is 58.9 Å². The number of methoxy groups -OCH3 is 1. The van der Waals surface area contributed by atoms with Crippen LogP contribution in [0.25, 0.3) is 17.0 Å². The monoisotopic (exact) mass is 1070 g/mol. The van der Waals surface area contributed by atoms with Gasteiger partial charge in [-0.05, 0) is 176 Å². The molecule has 0 spiro atoms. The van der Waals surface area contributed by atoms with Crippen LogP contribution in [0.5, 0.6) is 5.75 Å². The predicted molar refractivity (Wildman–Crippen MR) is 303 cm³/mol. The fraction of sp³-hybridized carbons (Fsp3) is 0.515. The van der Waals surface area contributed by atoms with Crippen LogP contribution in [0.15, 0.2) is 105 Å². The fourth-order valence-corrected chi connectivity index (χ4v) is 16.6. The number of carbonyl (C=O) groups excluding carboxylic acids is 2. The van der Waals surface area contributed by atoms with Crippen LogP contribution in [0.4, 0.5) is 0 Å². The maximum Gasteiger partial charge on any atom is 0.340 e. The Labute approximate surface area is 464 Å². The topological polar surface area (TPSA) is 162 Å². The van der Waals surface area contributed by atoms with Gasteiger partial charge in [0.1, 0.15) is 11.3 Å². The van der Waals surface area contributed by atoms with Gasteiger partial charge in [-0.2, -0.15) is 0 Å². The zero-order valence-electron chi connectivity index (χ0n) is 46.3. The first-order chi connectivity index (χ1) is 38.5. The molecule has 11 heteroatoms. The minimum absolute atomic E-state index is 0.0632. The number of benzene rings is 4. The second kappa shape index (κ2) is 22.2. The van der Waals surface area contributed by atoms with E-state index in [2.05, 4.69) is 78.9 Å². The molecule has 4 aromatic carbocycles. The van der Waals surface area contributed by atoms with E-state index in [-0.39, 0.29) is 84.4 Å². The second-order valence-electron chi connectivity index (χ2n) is 24.6. The van der Waals surface area contributed by atoms with Gasteiger partial charge in [0, 0.05) is 53.9 Å². The minimum Gasteiger partial charge on any atom is -0.483 e. The van der Waals surface area contributed by atoms with Crippen LogP contribution in [0.2, 0.25) is 0 Å². The second-order valence-corrected chi connectivity index (χ2v) is 24.6. The summed E-state index contributed by atoms with van der Waals surface area (Å²) in [6.07, 6.45) is 16.2. The fourth-order valence-electron chi connectivity index (χ4n) is 16.6. The summed E-state index contributed by atoms with van der Waals surface area (Å²) in [7, 11) is 1.52. The van der Waals surface area contributed by atoms with Crippen molar-refractivity contribution < 1.29 is 48.3 Å². The van der Waals surface area contributed by atoms with Gasteiger partial charge in [0.05, 0.1) is 25.4 Å². The highest BCUT2D eigenvalue weighted by molar-refractivity contribution is 5.90. The molecule has 5 aromatic rings. The van der Waals surface area contributed by atoms with Gasteiger partial charge in [-0.3, -0.25) is 4.79 Å². The quantitative estimate of drug-likeness (QED) is 0.0732. The first kappa shape index (κ1) is 53.8. The standard InChI is InChI=1S/C68H78O11/c1-40(37-70)52-26-23-41-18-21-47-33-45(41)20-19-42-11-4-6-16-56(42)67(2)64(78-65(52)73)63(61-58(79-67)29-28-54-55(38-71)60(66(74)77-62(54)61)48(30-32-69)39-75-3)76-59(72)36-49-34-46(24-27-53(47)49)44-13-10-15-51(35-44)68-31-9-8-14-50(68)25-22-43-12-5-7-17-57(43)68/h5,7,10,12-13,15,17-18,21-22,25,28-29,33,35,42,46,48-50,53,56,63-64,69-71H,4,6,8-9,11,14,16,19-20,23-24,26-27,30-32,34,36-39H2,1-3H3. The molecule has 3 N–H and O–H groups in total. The molecule has 3 aliphatic heterocycles. The lowest BCUT2D eigenvalue weighted by Gasteiger charge is -2.52. The summed E-state index contributed by atoms with van der Waals surface area (Å²) in [5, 5.41) is 32.4. The third-order valence-corrected chi connectivity index (χ3v) is 20.5. The molecule has 3 fully saturated rings. The number of rotatable bonds is 9. The summed E-state index contributed by atoms with van der Waals surface area (Å²) in [5.74, 6) is -0.715. The first-order valence-corrected chi connectivity index (χ1v) is 29.7. The summed E-state index contributed by atoms with van der Waals surface area (Å²) in [4.78, 5) is 45.4. The smallest absolute Gasteiger partial charge is 0.340 e. The molecule has 0 amide bonds. The summed E-state index contributed by atoms with van der Waals surface area (Å²) >= 11 is 0. The highest BCUT2D eigenvalue weighted by Gasteiger charge is 2.59. The number of allylic oxidation sites excluding steroid dienone is 1. The molecule has 416 valence electrons.